The Bertz CT molecular complexity index is 561. The van der Waals surface area contributed by atoms with Crippen molar-refractivity contribution in [3.8, 4) is 0 Å². The van der Waals surface area contributed by atoms with E-state index >= 15 is 0 Å². The van der Waals surface area contributed by atoms with E-state index in [2.05, 4.69) is 25.0 Å². The molecule has 1 aromatic heterocycles. The maximum absolute atomic E-state index is 13.4. The Balaban J connectivity index is 2.27. The first-order chi connectivity index (χ1) is 9.17. The van der Waals surface area contributed by atoms with Crippen LogP contribution in [0.1, 0.15) is 36.4 Å². The van der Waals surface area contributed by atoms with E-state index < -0.39 is 0 Å². The molecule has 2 rings (SSSR count). The van der Waals surface area contributed by atoms with Gasteiger partial charge in [0.25, 0.3) is 0 Å². The van der Waals surface area contributed by atoms with Crippen LogP contribution in [-0.2, 0) is 25.9 Å². The summed E-state index contributed by atoms with van der Waals surface area (Å²) in [6, 6.07) is 7.23. The second kappa shape index (κ2) is 5.97. The molecule has 4 heteroatoms. The molecule has 0 spiro atoms. The molecule has 0 aliphatic heterocycles. The van der Waals surface area contributed by atoms with Crippen molar-refractivity contribution in [1.82, 2.24) is 9.78 Å². The van der Waals surface area contributed by atoms with Crippen molar-refractivity contribution in [3.63, 3.8) is 0 Å². The minimum atomic E-state index is -0.239. The van der Waals surface area contributed by atoms with Crippen molar-refractivity contribution in [2.24, 2.45) is 5.73 Å². The Morgan fingerprint density at radius 3 is 2.63 bits per heavy atom. The van der Waals surface area contributed by atoms with Crippen molar-refractivity contribution in [1.29, 1.82) is 0 Å². The lowest BCUT2D eigenvalue weighted by Crippen LogP contribution is -2.08. The first-order valence-corrected chi connectivity index (χ1v) is 6.70. The summed E-state index contributed by atoms with van der Waals surface area (Å²) in [5.41, 5.74) is 9.42. The maximum Gasteiger partial charge on any atom is 0.127 e. The van der Waals surface area contributed by atoms with Crippen molar-refractivity contribution in [2.45, 2.75) is 39.8 Å². The number of nitrogens with two attached hydrogens (primary N) is 1. The molecule has 1 heterocycles. The molecule has 0 unspecified atom stereocenters. The standard InChI is InChI=1S/C15H20FN3/c1-3-13-8-14(4-2)19(18-13)10-11-5-6-15(16)12(7-11)9-17/h5-8H,3-4,9-10,17H2,1-2H3. The summed E-state index contributed by atoms with van der Waals surface area (Å²) in [6.07, 6.45) is 1.87. The zero-order valence-electron chi connectivity index (χ0n) is 11.5. The molecular weight excluding hydrogens is 241 g/mol. The molecule has 102 valence electrons. The SMILES string of the molecule is CCc1cc(CC)n(Cc2ccc(F)c(CN)c2)n1. The smallest absolute Gasteiger partial charge is 0.127 e. The number of aromatic nitrogens is 2. The quantitative estimate of drug-likeness (QED) is 0.899. The Morgan fingerprint density at radius 2 is 2.00 bits per heavy atom. The average molecular weight is 261 g/mol. The zero-order valence-corrected chi connectivity index (χ0v) is 11.5. The first-order valence-electron chi connectivity index (χ1n) is 6.70. The molecule has 0 fully saturated rings. The van der Waals surface area contributed by atoms with Crippen LogP contribution in [0.3, 0.4) is 0 Å². The van der Waals surface area contributed by atoms with E-state index in [1.807, 2.05) is 10.7 Å². The minimum absolute atomic E-state index is 0.222. The van der Waals surface area contributed by atoms with Crippen LogP contribution in [0.15, 0.2) is 24.3 Å². The normalized spacial score (nSPS) is 10.9. The monoisotopic (exact) mass is 261 g/mol. The van der Waals surface area contributed by atoms with E-state index in [4.69, 9.17) is 5.73 Å². The summed E-state index contributed by atoms with van der Waals surface area (Å²) in [4.78, 5) is 0. The van der Waals surface area contributed by atoms with Gasteiger partial charge in [-0.3, -0.25) is 4.68 Å². The van der Waals surface area contributed by atoms with Gasteiger partial charge in [0.1, 0.15) is 5.82 Å². The molecule has 0 radical (unpaired) electrons. The van der Waals surface area contributed by atoms with E-state index in [0.29, 0.717) is 12.1 Å². The van der Waals surface area contributed by atoms with Crippen molar-refractivity contribution < 1.29 is 4.39 Å². The lowest BCUT2D eigenvalue weighted by Gasteiger charge is -2.08. The van der Waals surface area contributed by atoms with Crippen molar-refractivity contribution >= 4 is 0 Å². The molecule has 2 aromatic rings. The molecule has 0 saturated heterocycles. The number of benzene rings is 1. The molecule has 0 amide bonds. The fraction of sp³-hybridized carbons (Fsp3) is 0.400. The fourth-order valence-electron chi connectivity index (χ4n) is 2.17. The second-order valence-electron chi connectivity index (χ2n) is 4.62. The summed E-state index contributed by atoms with van der Waals surface area (Å²) in [6.45, 7) is 5.09. The molecule has 0 atom stereocenters. The summed E-state index contributed by atoms with van der Waals surface area (Å²) in [5, 5.41) is 4.56. The molecular formula is C15H20FN3. The largest absolute Gasteiger partial charge is 0.326 e. The maximum atomic E-state index is 13.4. The number of rotatable bonds is 5. The predicted octanol–water partition coefficient (Wildman–Crippen LogP) is 2.65. The number of hydrogen-bond acceptors (Lipinski definition) is 2. The van der Waals surface area contributed by atoms with Gasteiger partial charge in [0.15, 0.2) is 0 Å². The predicted molar refractivity (Wildman–Crippen MR) is 74.4 cm³/mol. The lowest BCUT2D eigenvalue weighted by molar-refractivity contribution is 0.604. The molecule has 0 saturated carbocycles. The number of halogens is 1. The highest BCUT2D eigenvalue weighted by atomic mass is 19.1. The molecule has 0 aliphatic rings. The van der Waals surface area contributed by atoms with E-state index in [-0.39, 0.29) is 12.4 Å². The third kappa shape index (κ3) is 3.01. The number of aryl methyl sites for hydroxylation is 2. The van der Waals surface area contributed by atoms with E-state index in [1.165, 1.54) is 11.8 Å². The van der Waals surface area contributed by atoms with Crippen LogP contribution in [0, 0.1) is 5.82 Å². The summed E-state index contributed by atoms with van der Waals surface area (Å²) in [5.74, 6) is -0.239. The van der Waals surface area contributed by atoms with Crippen molar-refractivity contribution in [2.75, 3.05) is 0 Å². The Labute approximate surface area is 113 Å². The minimum Gasteiger partial charge on any atom is -0.326 e. The van der Waals surface area contributed by atoms with Crippen molar-refractivity contribution in [3.05, 3.63) is 52.6 Å². The van der Waals surface area contributed by atoms with Crippen LogP contribution in [0.25, 0.3) is 0 Å². The first kappa shape index (κ1) is 13.7. The van der Waals surface area contributed by atoms with Crippen LogP contribution < -0.4 is 5.73 Å². The van der Waals surface area contributed by atoms with Crippen LogP contribution >= 0.6 is 0 Å². The van der Waals surface area contributed by atoms with Gasteiger partial charge in [-0.1, -0.05) is 19.9 Å². The molecule has 1 aromatic carbocycles. The van der Waals surface area contributed by atoms with Crippen LogP contribution in [0.5, 0.6) is 0 Å². The Morgan fingerprint density at radius 1 is 1.21 bits per heavy atom. The Kier molecular flexibility index (Phi) is 4.32. The summed E-state index contributed by atoms with van der Waals surface area (Å²) >= 11 is 0. The molecule has 19 heavy (non-hydrogen) atoms. The molecule has 0 aliphatic carbocycles. The summed E-state index contributed by atoms with van der Waals surface area (Å²) in [7, 11) is 0. The Hall–Kier alpha value is -1.68. The molecule has 0 bridgehead atoms. The van der Waals surface area contributed by atoms with Gasteiger partial charge < -0.3 is 5.73 Å². The van der Waals surface area contributed by atoms with Gasteiger partial charge in [-0.05, 0) is 36.6 Å². The van der Waals surface area contributed by atoms with Gasteiger partial charge in [0.05, 0.1) is 12.2 Å². The van der Waals surface area contributed by atoms with Crippen LogP contribution in [0.4, 0.5) is 4.39 Å². The highest BCUT2D eigenvalue weighted by Crippen LogP contribution is 2.13. The van der Waals surface area contributed by atoms with E-state index in [1.54, 1.807) is 6.07 Å². The highest BCUT2D eigenvalue weighted by Gasteiger charge is 2.07. The topological polar surface area (TPSA) is 43.8 Å². The van der Waals surface area contributed by atoms with Gasteiger partial charge in [-0.15, -0.1) is 0 Å². The van der Waals surface area contributed by atoms with E-state index in [9.17, 15) is 4.39 Å². The fourth-order valence-corrected chi connectivity index (χ4v) is 2.17. The second-order valence-corrected chi connectivity index (χ2v) is 4.62. The lowest BCUT2D eigenvalue weighted by atomic mass is 10.1. The van der Waals surface area contributed by atoms with Gasteiger partial charge in [0, 0.05) is 17.8 Å². The van der Waals surface area contributed by atoms with Gasteiger partial charge in [-0.2, -0.15) is 5.10 Å². The van der Waals surface area contributed by atoms with Gasteiger partial charge >= 0.3 is 0 Å². The number of hydrogen-bond donors (Lipinski definition) is 1. The van der Waals surface area contributed by atoms with E-state index in [0.717, 1.165) is 24.1 Å². The summed E-state index contributed by atoms with van der Waals surface area (Å²) < 4.78 is 15.4. The third-order valence-corrected chi connectivity index (χ3v) is 3.30. The molecule has 2 N–H and O–H groups in total. The van der Waals surface area contributed by atoms with Gasteiger partial charge in [-0.25, -0.2) is 4.39 Å². The molecule has 3 nitrogen and oxygen atoms in total. The number of nitrogens with zero attached hydrogens (tertiary/aromatic N) is 2. The van der Waals surface area contributed by atoms with Crippen LogP contribution in [-0.4, -0.2) is 9.78 Å². The zero-order chi connectivity index (χ0) is 13.8. The average Bonchev–Trinajstić information content (AvgIpc) is 2.83. The van der Waals surface area contributed by atoms with Gasteiger partial charge in [0.2, 0.25) is 0 Å². The van der Waals surface area contributed by atoms with Crippen LogP contribution in [0.2, 0.25) is 0 Å². The third-order valence-electron chi connectivity index (χ3n) is 3.30. The highest BCUT2D eigenvalue weighted by molar-refractivity contribution is 5.25.